The molecule has 1 aliphatic rings. The molecule has 0 unspecified atom stereocenters. The average molecular weight is 594 g/mol. The van der Waals surface area contributed by atoms with E-state index >= 15 is 0 Å². The molecule has 0 bridgehead atoms. The lowest BCUT2D eigenvalue weighted by molar-refractivity contribution is 0.393. The Kier molecular flexibility index (Phi) is 6.17. The van der Waals surface area contributed by atoms with Crippen molar-refractivity contribution in [2.24, 2.45) is 0 Å². The number of allylic oxidation sites excluding steroid dienone is 3. The lowest BCUT2D eigenvalue weighted by atomic mass is 9.95. The molecule has 1 aliphatic carbocycles. The molecular formula is C43H31NO2. The van der Waals surface area contributed by atoms with Gasteiger partial charge in [0.25, 0.3) is 0 Å². The summed E-state index contributed by atoms with van der Waals surface area (Å²) in [5.41, 5.74) is 6.08. The molecule has 0 aliphatic heterocycles. The van der Waals surface area contributed by atoms with Crippen LogP contribution in [-0.2, 0) is 0 Å². The first-order valence-corrected chi connectivity index (χ1v) is 15.9. The van der Waals surface area contributed by atoms with Crippen molar-refractivity contribution in [1.82, 2.24) is 0 Å². The zero-order valence-corrected chi connectivity index (χ0v) is 25.5. The van der Waals surface area contributed by atoms with Gasteiger partial charge in [0.05, 0.1) is 11.4 Å². The highest BCUT2D eigenvalue weighted by Crippen LogP contribution is 2.43. The summed E-state index contributed by atoms with van der Waals surface area (Å²) in [6, 6.07) is 47.4. The molecule has 46 heavy (non-hydrogen) atoms. The van der Waals surface area contributed by atoms with Crippen molar-refractivity contribution in [2.75, 3.05) is 4.90 Å². The highest BCUT2D eigenvalue weighted by atomic mass is 16.5. The average Bonchev–Trinajstić information content (AvgIpc) is 3.48. The minimum atomic E-state index is 0.813. The molecule has 0 amide bonds. The number of aryl methyl sites for hydroxylation is 1. The Labute approximate surface area is 267 Å². The molecule has 0 saturated carbocycles. The first-order chi connectivity index (χ1) is 22.7. The van der Waals surface area contributed by atoms with E-state index in [1.807, 2.05) is 18.2 Å². The summed E-state index contributed by atoms with van der Waals surface area (Å²) in [4.78, 5) is 2.37. The van der Waals surface area contributed by atoms with E-state index in [9.17, 15) is 0 Å². The van der Waals surface area contributed by atoms with Crippen molar-refractivity contribution in [3.8, 4) is 5.75 Å². The Morgan fingerprint density at radius 3 is 2.24 bits per heavy atom. The van der Waals surface area contributed by atoms with Crippen LogP contribution in [0.25, 0.3) is 54.3 Å². The molecule has 0 radical (unpaired) electrons. The maximum atomic E-state index is 6.76. The first kappa shape index (κ1) is 26.6. The Morgan fingerprint density at radius 2 is 1.30 bits per heavy atom. The monoisotopic (exact) mass is 593 g/mol. The SMILES string of the molecule is Cc1ccccc1OC1=C(N(c2ccc3oc4ccccc4c3c2)c2cccc3c2ccc2c4ccccc4ccc32)C=CCC1. The van der Waals surface area contributed by atoms with Crippen molar-refractivity contribution in [3.05, 3.63) is 163 Å². The number of nitrogens with zero attached hydrogens (tertiary/aromatic N) is 1. The third-order valence-electron chi connectivity index (χ3n) is 9.29. The number of rotatable bonds is 5. The predicted molar refractivity (Wildman–Crippen MR) is 192 cm³/mol. The van der Waals surface area contributed by atoms with Crippen molar-refractivity contribution in [3.63, 3.8) is 0 Å². The Bertz CT molecular complexity index is 2530. The van der Waals surface area contributed by atoms with Gasteiger partial charge in [0.2, 0.25) is 0 Å². The van der Waals surface area contributed by atoms with E-state index in [1.54, 1.807) is 0 Å². The van der Waals surface area contributed by atoms with Crippen LogP contribution in [0.3, 0.4) is 0 Å². The number of benzene rings is 7. The number of furan rings is 1. The Hall–Kier alpha value is -5.80. The van der Waals surface area contributed by atoms with Gasteiger partial charge in [-0.1, -0.05) is 103 Å². The number of anilines is 2. The van der Waals surface area contributed by atoms with Crippen LogP contribution in [0, 0.1) is 6.92 Å². The number of fused-ring (bicyclic) bond motifs is 8. The van der Waals surface area contributed by atoms with Crippen LogP contribution in [0.5, 0.6) is 5.75 Å². The molecule has 1 heterocycles. The molecule has 0 atom stereocenters. The molecule has 9 rings (SSSR count). The Balaban J connectivity index is 1.32. The Morgan fingerprint density at radius 1 is 0.587 bits per heavy atom. The molecule has 0 saturated heterocycles. The van der Waals surface area contributed by atoms with Gasteiger partial charge in [0.1, 0.15) is 22.7 Å². The van der Waals surface area contributed by atoms with Crippen LogP contribution in [0.2, 0.25) is 0 Å². The molecule has 0 fully saturated rings. The van der Waals surface area contributed by atoms with Crippen molar-refractivity contribution in [2.45, 2.75) is 19.8 Å². The third kappa shape index (κ3) is 4.28. The van der Waals surface area contributed by atoms with E-state index in [4.69, 9.17) is 9.15 Å². The molecule has 3 heteroatoms. The fraction of sp³-hybridized carbons (Fsp3) is 0.0698. The quantitative estimate of drug-likeness (QED) is 0.186. The molecular weight excluding hydrogens is 562 g/mol. The fourth-order valence-corrected chi connectivity index (χ4v) is 7.03. The van der Waals surface area contributed by atoms with Gasteiger partial charge < -0.3 is 14.1 Å². The third-order valence-corrected chi connectivity index (χ3v) is 9.29. The van der Waals surface area contributed by atoms with E-state index in [-0.39, 0.29) is 0 Å². The van der Waals surface area contributed by atoms with Crippen LogP contribution < -0.4 is 9.64 Å². The first-order valence-electron chi connectivity index (χ1n) is 15.9. The zero-order valence-electron chi connectivity index (χ0n) is 25.5. The molecule has 1 aromatic heterocycles. The van der Waals surface area contributed by atoms with E-state index in [0.717, 1.165) is 68.9 Å². The van der Waals surface area contributed by atoms with E-state index in [0.29, 0.717) is 0 Å². The zero-order chi connectivity index (χ0) is 30.6. The number of hydrogen-bond donors (Lipinski definition) is 0. The van der Waals surface area contributed by atoms with Gasteiger partial charge in [-0.15, -0.1) is 0 Å². The molecule has 0 spiro atoms. The second-order valence-electron chi connectivity index (χ2n) is 12.1. The smallest absolute Gasteiger partial charge is 0.135 e. The normalized spacial score (nSPS) is 13.4. The van der Waals surface area contributed by atoms with Gasteiger partial charge in [-0.3, -0.25) is 0 Å². The van der Waals surface area contributed by atoms with Crippen molar-refractivity contribution < 1.29 is 9.15 Å². The highest BCUT2D eigenvalue weighted by Gasteiger charge is 2.24. The summed E-state index contributed by atoms with van der Waals surface area (Å²) < 4.78 is 13.0. The van der Waals surface area contributed by atoms with Crippen LogP contribution in [0.1, 0.15) is 18.4 Å². The van der Waals surface area contributed by atoms with Crippen molar-refractivity contribution >= 4 is 65.6 Å². The van der Waals surface area contributed by atoms with Crippen molar-refractivity contribution in [1.29, 1.82) is 0 Å². The van der Waals surface area contributed by atoms with Crippen LogP contribution in [0.4, 0.5) is 11.4 Å². The van der Waals surface area contributed by atoms with Gasteiger partial charge in [0.15, 0.2) is 0 Å². The minimum Gasteiger partial charge on any atom is -0.459 e. The summed E-state index contributed by atoms with van der Waals surface area (Å²) >= 11 is 0. The largest absolute Gasteiger partial charge is 0.459 e. The summed E-state index contributed by atoms with van der Waals surface area (Å²) in [6.07, 6.45) is 6.22. The van der Waals surface area contributed by atoms with Gasteiger partial charge in [0, 0.05) is 28.3 Å². The topological polar surface area (TPSA) is 25.6 Å². The van der Waals surface area contributed by atoms with Gasteiger partial charge in [-0.25, -0.2) is 0 Å². The molecule has 220 valence electrons. The second-order valence-corrected chi connectivity index (χ2v) is 12.1. The van der Waals surface area contributed by atoms with Crippen LogP contribution in [-0.4, -0.2) is 0 Å². The minimum absolute atomic E-state index is 0.813. The number of ether oxygens (including phenoxy) is 1. The summed E-state index contributed by atoms with van der Waals surface area (Å²) in [6.45, 7) is 2.10. The van der Waals surface area contributed by atoms with Gasteiger partial charge >= 0.3 is 0 Å². The maximum Gasteiger partial charge on any atom is 0.135 e. The molecule has 0 N–H and O–H groups in total. The molecule has 8 aromatic rings. The molecule has 7 aromatic carbocycles. The predicted octanol–water partition coefficient (Wildman–Crippen LogP) is 12.1. The fourth-order valence-electron chi connectivity index (χ4n) is 7.03. The highest BCUT2D eigenvalue weighted by molar-refractivity contribution is 6.19. The molecule has 3 nitrogen and oxygen atoms in total. The summed E-state index contributed by atoms with van der Waals surface area (Å²) in [5, 5.41) is 9.65. The van der Waals surface area contributed by atoms with E-state index in [1.165, 1.54) is 32.3 Å². The van der Waals surface area contributed by atoms with Gasteiger partial charge in [-0.05, 0) is 88.3 Å². The summed E-state index contributed by atoms with van der Waals surface area (Å²) in [5.74, 6) is 1.84. The number of hydrogen-bond acceptors (Lipinski definition) is 3. The van der Waals surface area contributed by atoms with E-state index in [2.05, 4.69) is 139 Å². The van der Waals surface area contributed by atoms with Crippen LogP contribution in [0.15, 0.2) is 161 Å². The lowest BCUT2D eigenvalue weighted by Gasteiger charge is -2.31. The van der Waals surface area contributed by atoms with Crippen LogP contribution >= 0.6 is 0 Å². The number of para-hydroxylation sites is 2. The van der Waals surface area contributed by atoms with E-state index < -0.39 is 0 Å². The lowest BCUT2D eigenvalue weighted by Crippen LogP contribution is -2.21. The summed E-state index contributed by atoms with van der Waals surface area (Å²) in [7, 11) is 0. The maximum absolute atomic E-state index is 6.76. The van der Waals surface area contributed by atoms with Gasteiger partial charge in [-0.2, -0.15) is 0 Å². The standard InChI is InChI=1S/C43H31NO2/c1-28-11-2-7-18-40(28)45-43-20-9-6-16-39(43)44(30-22-26-42-37(27-30)36-14-5-8-19-41(36)46-42)38-17-10-15-32-34-23-21-29-12-3-4-13-31(29)33(34)24-25-35(32)38/h2-8,10-19,21-27H,9,20H2,1H3. The second kappa shape index (κ2) is 10.7.